The van der Waals surface area contributed by atoms with Crippen molar-refractivity contribution in [3.8, 4) is 0 Å². The molecule has 1 aromatic rings. The zero-order valence-electron chi connectivity index (χ0n) is 12.0. The number of benzene rings is 1. The zero-order valence-corrected chi connectivity index (χ0v) is 12.0. The molecule has 118 valence electrons. The summed E-state index contributed by atoms with van der Waals surface area (Å²) in [5.41, 5.74) is 1.12. The Balaban J connectivity index is 2.23. The number of alkyl halides is 3. The fourth-order valence-electron chi connectivity index (χ4n) is 2.81. The molecule has 0 spiro atoms. The smallest absolute Gasteiger partial charge is 0.314 e. The second-order valence-electron chi connectivity index (χ2n) is 5.41. The van der Waals surface area contributed by atoms with E-state index in [9.17, 15) is 17.6 Å². The molecular formula is C15H20F4N2. The van der Waals surface area contributed by atoms with Crippen LogP contribution in [0.2, 0.25) is 0 Å². The van der Waals surface area contributed by atoms with Gasteiger partial charge in [-0.2, -0.15) is 13.2 Å². The van der Waals surface area contributed by atoms with Crippen molar-refractivity contribution in [1.29, 1.82) is 0 Å². The van der Waals surface area contributed by atoms with Crippen molar-refractivity contribution in [2.24, 2.45) is 0 Å². The van der Waals surface area contributed by atoms with E-state index in [1.165, 1.54) is 6.07 Å². The van der Waals surface area contributed by atoms with Crippen LogP contribution in [0, 0.1) is 12.7 Å². The summed E-state index contributed by atoms with van der Waals surface area (Å²) in [6.45, 7) is 4.48. The molecule has 6 heteroatoms. The van der Waals surface area contributed by atoms with Crippen LogP contribution in [0.15, 0.2) is 18.2 Å². The fraction of sp³-hybridized carbons (Fsp3) is 0.600. The molecular weight excluding hydrogens is 284 g/mol. The molecule has 1 aliphatic rings. The van der Waals surface area contributed by atoms with Gasteiger partial charge in [-0.05, 0) is 30.5 Å². The van der Waals surface area contributed by atoms with Gasteiger partial charge >= 0.3 is 6.18 Å². The lowest BCUT2D eigenvalue weighted by Gasteiger charge is -2.36. The third kappa shape index (κ3) is 4.41. The van der Waals surface area contributed by atoms with E-state index >= 15 is 0 Å². The maximum absolute atomic E-state index is 13.7. The minimum absolute atomic E-state index is 0.0339. The van der Waals surface area contributed by atoms with Crippen molar-refractivity contribution in [3.05, 3.63) is 35.1 Å². The van der Waals surface area contributed by atoms with Gasteiger partial charge in [-0.3, -0.25) is 4.90 Å². The average Bonchev–Trinajstić information content (AvgIpc) is 2.43. The Kier molecular flexibility index (Phi) is 5.22. The number of nitrogens with one attached hydrogen (secondary N) is 1. The Morgan fingerprint density at radius 1 is 1.24 bits per heavy atom. The lowest BCUT2D eigenvalue weighted by Crippen LogP contribution is -2.45. The van der Waals surface area contributed by atoms with Gasteiger partial charge in [-0.1, -0.05) is 12.1 Å². The number of hydrogen-bond donors (Lipinski definition) is 1. The average molecular weight is 304 g/mol. The molecule has 0 amide bonds. The Bertz CT molecular complexity index is 467. The topological polar surface area (TPSA) is 15.3 Å². The van der Waals surface area contributed by atoms with Crippen molar-refractivity contribution in [1.82, 2.24) is 10.2 Å². The Hall–Kier alpha value is -1.14. The van der Waals surface area contributed by atoms with E-state index in [2.05, 4.69) is 5.32 Å². The van der Waals surface area contributed by atoms with Gasteiger partial charge in [-0.15, -0.1) is 0 Å². The molecule has 1 N–H and O–H groups in total. The first kappa shape index (κ1) is 16.2. The number of nitrogens with zero attached hydrogens (tertiary/aromatic N) is 1. The number of halogens is 4. The van der Waals surface area contributed by atoms with Gasteiger partial charge in [0.05, 0.1) is 0 Å². The molecule has 1 saturated heterocycles. The van der Waals surface area contributed by atoms with Gasteiger partial charge in [-0.25, -0.2) is 4.39 Å². The summed E-state index contributed by atoms with van der Waals surface area (Å²) in [6, 6.07) is 4.27. The van der Waals surface area contributed by atoms with E-state index in [0.29, 0.717) is 24.2 Å². The van der Waals surface area contributed by atoms with Crippen LogP contribution in [0.5, 0.6) is 0 Å². The number of hydrogen-bond acceptors (Lipinski definition) is 2. The van der Waals surface area contributed by atoms with E-state index in [4.69, 9.17) is 0 Å². The molecule has 0 saturated carbocycles. The van der Waals surface area contributed by atoms with Crippen LogP contribution in [-0.4, -0.2) is 37.3 Å². The largest absolute Gasteiger partial charge is 0.389 e. The van der Waals surface area contributed by atoms with Crippen LogP contribution in [0.4, 0.5) is 17.6 Å². The van der Waals surface area contributed by atoms with Crippen molar-refractivity contribution >= 4 is 0 Å². The molecule has 0 aliphatic carbocycles. The molecule has 0 bridgehead atoms. The minimum atomic E-state index is -4.19. The standard InChI is InChI=1S/C15H20F4N2/c1-11-12(3-2-4-13(11)16)14(5-6-15(17,18)19)21-9-7-20-8-10-21/h2-4,14,20H,5-10H2,1H3/t14-/m1/s1. The third-order valence-corrected chi connectivity index (χ3v) is 3.96. The first-order valence-corrected chi connectivity index (χ1v) is 7.15. The number of piperazine rings is 1. The Labute approximate surface area is 122 Å². The highest BCUT2D eigenvalue weighted by molar-refractivity contribution is 5.30. The van der Waals surface area contributed by atoms with E-state index in [-0.39, 0.29) is 18.3 Å². The van der Waals surface area contributed by atoms with Gasteiger partial charge in [0, 0.05) is 38.6 Å². The molecule has 0 aromatic heterocycles. The maximum atomic E-state index is 13.7. The van der Waals surface area contributed by atoms with Crippen molar-refractivity contribution < 1.29 is 17.6 Å². The van der Waals surface area contributed by atoms with Gasteiger partial charge in [0.15, 0.2) is 0 Å². The Morgan fingerprint density at radius 3 is 2.52 bits per heavy atom. The lowest BCUT2D eigenvalue weighted by molar-refractivity contribution is -0.138. The van der Waals surface area contributed by atoms with Crippen LogP contribution in [0.1, 0.15) is 30.0 Å². The molecule has 1 atom stereocenters. The highest BCUT2D eigenvalue weighted by atomic mass is 19.4. The minimum Gasteiger partial charge on any atom is -0.314 e. The second-order valence-corrected chi connectivity index (χ2v) is 5.41. The fourth-order valence-corrected chi connectivity index (χ4v) is 2.81. The summed E-state index contributed by atoms with van der Waals surface area (Å²) in [4.78, 5) is 2.02. The summed E-state index contributed by atoms with van der Waals surface area (Å²) in [7, 11) is 0. The zero-order chi connectivity index (χ0) is 15.5. The summed E-state index contributed by atoms with van der Waals surface area (Å²) in [5, 5.41) is 3.18. The molecule has 2 rings (SSSR count). The van der Waals surface area contributed by atoms with Crippen LogP contribution >= 0.6 is 0 Å². The van der Waals surface area contributed by atoms with Gasteiger partial charge in [0.25, 0.3) is 0 Å². The molecule has 1 heterocycles. The van der Waals surface area contributed by atoms with Gasteiger partial charge in [0.2, 0.25) is 0 Å². The van der Waals surface area contributed by atoms with Crippen LogP contribution in [0.25, 0.3) is 0 Å². The van der Waals surface area contributed by atoms with E-state index in [1.807, 2.05) is 4.90 Å². The van der Waals surface area contributed by atoms with Gasteiger partial charge in [0.1, 0.15) is 5.82 Å². The van der Waals surface area contributed by atoms with Gasteiger partial charge < -0.3 is 5.32 Å². The molecule has 1 aliphatic heterocycles. The first-order valence-electron chi connectivity index (χ1n) is 7.15. The highest BCUT2D eigenvalue weighted by Crippen LogP contribution is 2.33. The van der Waals surface area contributed by atoms with Crippen LogP contribution in [-0.2, 0) is 0 Å². The summed E-state index contributed by atoms with van der Waals surface area (Å²) in [6.07, 6.45) is -5.07. The summed E-state index contributed by atoms with van der Waals surface area (Å²) < 4.78 is 51.4. The monoisotopic (exact) mass is 304 g/mol. The molecule has 2 nitrogen and oxygen atoms in total. The molecule has 0 radical (unpaired) electrons. The predicted octanol–water partition coefficient (Wildman–Crippen LogP) is 3.42. The van der Waals surface area contributed by atoms with Crippen LogP contribution in [0.3, 0.4) is 0 Å². The van der Waals surface area contributed by atoms with E-state index < -0.39 is 12.6 Å². The second kappa shape index (κ2) is 6.75. The predicted molar refractivity (Wildman–Crippen MR) is 73.6 cm³/mol. The Morgan fingerprint density at radius 2 is 1.90 bits per heavy atom. The molecule has 21 heavy (non-hydrogen) atoms. The van der Waals surface area contributed by atoms with Crippen molar-refractivity contribution in [2.75, 3.05) is 26.2 Å². The van der Waals surface area contributed by atoms with Crippen molar-refractivity contribution in [2.45, 2.75) is 32.0 Å². The number of rotatable bonds is 4. The summed E-state index contributed by atoms with van der Waals surface area (Å²) in [5.74, 6) is -0.361. The van der Waals surface area contributed by atoms with Crippen molar-refractivity contribution in [3.63, 3.8) is 0 Å². The highest BCUT2D eigenvalue weighted by Gasteiger charge is 2.32. The SMILES string of the molecule is Cc1c(F)cccc1[C@@H](CCC(F)(F)F)N1CCNCC1. The van der Waals surface area contributed by atoms with Crippen LogP contribution < -0.4 is 5.32 Å². The molecule has 1 fully saturated rings. The normalized spacial score (nSPS) is 18.7. The van der Waals surface area contributed by atoms with E-state index in [0.717, 1.165) is 13.1 Å². The first-order chi connectivity index (χ1) is 9.88. The third-order valence-electron chi connectivity index (χ3n) is 3.96. The molecule has 1 aromatic carbocycles. The molecule has 0 unspecified atom stereocenters. The quantitative estimate of drug-likeness (QED) is 0.858. The lowest BCUT2D eigenvalue weighted by atomic mass is 9.95. The maximum Gasteiger partial charge on any atom is 0.389 e. The van der Waals surface area contributed by atoms with E-state index in [1.54, 1.807) is 19.1 Å². The summed E-state index contributed by atoms with van der Waals surface area (Å²) >= 11 is 0.